The van der Waals surface area contributed by atoms with E-state index in [2.05, 4.69) is 27.7 Å². The molecule has 1 aromatic heterocycles. The minimum Gasteiger partial charge on any atom is -0.494 e. The van der Waals surface area contributed by atoms with Gasteiger partial charge in [-0.3, -0.25) is 0 Å². The van der Waals surface area contributed by atoms with Crippen LogP contribution in [-0.4, -0.2) is 50.4 Å². The number of nitrogens with zero attached hydrogens (tertiary/aromatic N) is 3. The second kappa shape index (κ2) is 13.0. The van der Waals surface area contributed by atoms with Crippen LogP contribution in [0.5, 0.6) is 5.75 Å². The van der Waals surface area contributed by atoms with Crippen LogP contribution in [0.25, 0.3) is 10.9 Å². The molecule has 5 rings (SSSR count). The Hall–Kier alpha value is -3.89. The van der Waals surface area contributed by atoms with Crippen molar-refractivity contribution in [1.29, 1.82) is 0 Å². The van der Waals surface area contributed by atoms with E-state index in [-0.39, 0.29) is 4.90 Å². The predicted molar refractivity (Wildman–Crippen MR) is 171 cm³/mol. The average molecular weight is 589 g/mol. The van der Waals surface area contributed by atoms with E-state index in [1.54, 1.807) is 45.2 Å². The Kier molecular flexibility index (Phi) is 9.13. The Balaban J connectivity index is 1.42. The number of anilines is 5. The minimum atomic E-state index is -3.52. The molecule has 4 N–H and O–H groups in total. The molecule has 0 unspecified atom stereocenters. The molecule has 9 nitrogen and oxygen atoms in total. The van der Waals surface area contributed by atoms with E-state index in [0.29, 0.717) is 23.2 Å². The molecule has 0 saturated carbocycles. The molecule has 0 atom stereocenters. The van der Waals surface area contributed by atoms with Gasteiger partial charge in [-0.25, -0.2) is 13.4 Å². The van der Waals surface area contributed by atoms with Crippen molar-refractivity contribution in [2.45, 2.75) is 49.7 Å². The van der Waals surface area contributed by atoms with E-state index in [1.165, 1.54) is 19.3 Å². The molecule has 1 saturated heterocycles. The lowest BCUT2D eigenvalue weighted by molar-refractivity contribution is 0.374. The molecule has 0 radical (unpaired) electrons. The largest absolute Gasteiger partial charge is 0.494 e. The van der Waals surface area contributed by atoms with Gasteiger partial charge in [0.1, 0.15) is 11.6 Å². The van der Waals surface area contributed by atoms with Crippen molar-refractivity contribution in [1.82, 2.24) is 9.97 Å². The van der Waals surface area contributed by atoms with Crippen LogP contribution < -0.4 is 26.0 Å². The highest BCUT2D eigenvalue weighted by atomic mass is 32.2. The SMILES string of the molecule is COc1cc(N2CCC(CCCN)CC2)ccc1Nc1nc(Nc2ccccc2S(=O)(=O)C(C)C)c2ccccc2n1. The van der Waals surface area contributed by atoms with Crippen molar-refractivity contribution in [3.05, 3.63) is 66.7 Å². The summed E-state index contributed by atoms with van der Waals surface area (Å²) in [6.07, 6.45) is 4.64. The zero-order valence-electron chi connectivity index (χ0n) is 24.5. The van der Waals surface area contributed by atoms with Gasteiger partial charge in [-0.05, 0) is 88.4 Å². The standard InChI is InChI=1S/C32H40N6O3S/c1-22(2)42(39,40)30-13-7-6-12-28(30)34-31-25-10-4-5-11-26(25)35-32(37-31)36-27-15-14-24(21-29(27)41-3)38-19-16-23(17-20-38)9-8-18-33/h4-7,10-15,21-23H,8-9,16-20,33H2,1-3H3,(H2,34,35,36,37). The van der Waals surface area contributed by atoms with Crippen LogP contribution in [0, 0.1) is 5.92 Å². The van der Waals surface area contributed by atoms with Crippen LogP contribution in [0.3, 0.4) is 0 Å². The van der Waals surface area contributed by atoms with Gasteiger partial charge >= 0.3 is 0 Å². The quantitative estimate of drug-likeness (QED) is 0.186. The molecule has 4 aromatic rings. The molecule has 1 fully saturated rings. The maximum absolute atomic E-state index is 13.1. The fourth-order valence-electron chi connectivity index (χ4n) is 5.41. The normalized spacial score (nSPS) is 14.4. The Labute approximate surface area is 248 Å². The van der Waals surface area contributed by atoms with E-state index in [9.17, 15) is 8.42 Å². The van der Waals surface area contributed by atoms with Gasteiger partial charge in [-0.15, -0.1) is 0 Å². The summed E-state index contributed by atoms with van der Waals surface area (Å²) in [6.45, 7) is 6.15. The third-order valence-electron chi connectivity index (χ3n) is 7.90. The van der Waals surface area contributed by atoms with Gasteiger partial charge in [-0.1, -0.05) is 24.3 Å². The van der Waals surface area contributed by atoms with Crippen LogP contribution >= 0.6 is 0 Å². The maximum Gasteiger partial charge on any atom is 0.229 e. The van der Waals surface area contributed by atoms with Gasteiger partial charge in [0.2, 0.25) is 5.95 Å². The van der Waals surface area contributed by atoms with Gasteiger partial charge < -0.3 is 26.0 Å². The van der Waals surface area contributed by atoms with Crippen LogP contribution in [-0.2, 0) is 9.84 Å². The summed E-state index contributed by atoms with van der Waals surface area (Å²) < 4.78 is 31.9. The summed E-state index contributed by atoms with van der Waals surface area (Å²) in [4.78, 5) is 12.2. The number of benzene rings is 3. The molecular weight excluding hydrogens is 548 g/mol. The lowest BCUT2D eigenvalue weighted by atomic mass is 9.92. The number of aromatic nitrogens is 2. The van der Waals surface area contributed by atoms with Gasteiger partial charge in [0, 0.05) is 30.2 Å². The zero-order chi connectivity index (χ0) is 29.7. The summed E-state index contributed by atoms with van der Waals surface area (Å²) >= 11 is 0. The number of para-hydroxylation sites is 2. The summed E-state index contributed by atoms with van der Waals surface area (Å²) in [5, 5.41) is 6.83. The number of methoxy groups -OCH3 is 1. The van der Waals surface area contributed by atoms with Crippen molar-refractivity contribution in [2.75, 3.05) is 42.3 Å². The molecule has 0 aliphatic carbocycles. The van der Waals surface area contributed by atoms with Crippen molar-refractivity contribution < 1.29 is 13.2 Å². The minimum absolute atomic E-state index is 0.234. The molecule has 0 spiro atoms. The lowest BCUT2D eigenvalue weighted by Gasteiger charge is -2.34. The second-order valence-electron chi connectivity index (χ2n) is 11.0. The van der Waals surface area contributed by atoms with Gasteiger partial charge in [0.15, 0.2) is 9.84 Å². The van der Waals surface area contributed by atoms with E-state index in [1.807, 2.05) is 30.3 Å². The van der Waals surface area contributed by atoms with Crippen molar-refractivity contribution in [3.63, 3.8) is 0 Å². The van der Waals surface area contributed by atoms with Gasteiger partial charge in [0.25, 0.3) is 0 Å². The topological polar surface area (TPSA) is 122 Å². The highest BCUT2D eigenvalue weighted by Gasteiger charge is 2.24. The maximum atomic E-state index is 13.1. The third-order valence-corrected chi connectivity index (χ3v) is 10.1. The van der Waals surface area contributed by atoms with Crippen molar-refractivity contribution in [2.24, 2.45) is 11.7 Å². The Bertz CT molecular complexity index is 1630. The fourth-order valence-corrected chi connectivity index (χ4v) is 6.62. The first-order valence-electron chi connectivity index (χ1n) is 14.6. The first-order valence-corrected chi connectivity index (χ1v) is 16.1. The number of rotatable bonds is 11. The number of piperidine rings is 1. The smallest absolute Gasteiger partial charge is 0.229 e. The second-order valence-corrected chi connectivity index (χ2v) is 13.5. The Morgan fingerprint density at radius 2 is 1.71 bits per heavy atom. The number of fused-ring (bicyclic) bond motifs is 1. The van der Waals surface area contributed by atoms with Crippen LogP contribution in [0.15, 0.2) is 71.6 Å². The Morgan fingerprint density at radius 1 is 0.976 bits per heavy atom. The summed E-state index contributed by atoms with van der Waals surface area (Å²) in [5.41, 5.74) is 8.75. The lowest BCUT2D eigenvalue weighted by Crippen LogP contribution is -2.33. The number of nitrogens with two attached hydrogens (primary N) is 1. The monoisotopic (exact) mass is 588 g/mol. The molecule has 222 valence electrons. The van der Waals surface area contributed by atoms with Gasteiger partial charge in [0.05, 0.1) is 34.1 Å². The number of ether oxygens (including phenoxy) is 1. The first kappa shape index (κ1) is 29.6. The Morgan fingerprint density at radius 3 is 2.45 bits per heavy atom. The summed E-state index contributed by atoms with van der Waals surface area (Å²) in [7, 11) is -1.86. The molecule has 3 aromatic carbocycles. The average Bonchev–Trinajstić information content (AvgIpc) is 3.00. The first-order chi connectivity index (χ1) is 20.3. The van der Waals surface area contributed by atoms with Crippen molar-refractivity contribution in [3.8, 4) is 5.75 Å². The zero-order valence-corrected chi connectivity index (χ0v) is 25.3. The molecule has 2 heterocycles. The molecule has 0 bridgehead atoms. The molecule has 42 heavy (non-hydrogen) atoms. The van der Waals surface area contributed by atoms with E-state index in [0.717, 1.165) is 54.3 Å². The number of hydrogen-bond acceptors (Lipinski definition) is 9. The number of nitrogens with one attached hydrogen (secondary N) is 2. The van der Waals surface area contributed by atoms with Crippen molar-refractivity contribution >= 4 is 49.6 Å². The molecular formula is C32H40N6O3S. The number of sulfone groups is 1. The van der Waals surface area contributed by atoms with Gasteiger partial charge in [-0.2, -0.15) is 4.98 Å². The van der Waals surface area contributed by atoms with E-state index in [4.69, 9.17) is 20.4 Å². The molecule has 1 aliphatic rings. The van der Waals surface area contributed by atoms with Crippen LogP contribution in [0.1, 0.15) is 39.5 Å². The van der Waals surface area contributed by atoms with E-state index >= 15 is 0 Å². The van der Waals surface area contributed by atoms with Crippen LogP contribution in [0.2, 0.25) is 0 Å². The van der Waals surface area contributed by atoms with Crippen LogP contribution in [0.4, 0.5) is 28.8 Å². The highest BCUT2D eigenvalue weighted by molar-refractivity contribution is 7.92. The third kappa shape index (κ3) is 6.44. The molecule has 0 amide bonds. The van der Waals surface area contributed by atoms with E-state index < -0.39 is 15.1 Å². The summed E-state index contributed by atoms with van der Waals surface area (Å²) in [6, 6.07) is 20.7. The fraction of sp³-hybridized carbons (Fsp3) is 0.375. The number of hydrogen-bond donors (Lipinski definition) is 3. The summed E-state index contributed by atoms with van der Waals surface area (Å²) in [5.74, 6) is 2.31. The molecule has 1 aliphatic heterocycles. The molecule has 10 heteroatoms. The predicted octanol–water partition coefficient (Wildman–Crippen LogP) is 6.26. The highest BCUT2D eigenvalue weighted by Crippen LogP contribution is 2.35.